The molecular weight excluding hydrogens is 412 g/mol. The van der Waals surface area contributed by atoms with Gasteiger partial charge in [-0.25, -0.2) is 4.98 Å². The molecule has 148 valence electrons. The third-order valence-electron chi connectivity index (χ3n) is 4.87. The molecule has 1 aliphatic heterocycles. The van der Waals surface area contributed by atoms with Crippen molar-refractivity contribution in [2.75, 3.05) is 40.0 Å². The number of likely N-dealkylation sites (N-methyl/N-ethyl adjacent to an activating group) is 1. The molecule has 0 saturated heterocycles. The van der Waals surface area contributed by atoms with Gasteiger partial charge in [0.05, 0.1) is 11.1 Å². The smallest absolute Gasteiger partial charge is 0.267 e. The van der Waals surface area contributed by atoms with Crippen LogP contribution in [0, 0.1) is 0 Å². The molecule has 3 heterocycles. The lowest BCUT2D eigenvalue weighted by molar-refractivity contribution is 0.318. The van der Waals surface area contributed by atoms with Gasteiger partial charge in [-0.1, -0.05) is 29.4 Å². The average molecular weight is 435 g/mol. The van der Waals surface area contributed by atoms with Crippen molar-refractivity contribution in [2.45, 2.75) is 18.1 Å². The molecule has 0 amide bonds. The molecule has 8 heteroatoms. The van der Waals surface area contributed by atoms with Crippen LogP contribution in [-0.4, -0.2) is 59.3 Å². The van der Waals surface area contributed by atoms with E-state index in [2.05, 4.69) is 16.8 Å². The monoisotopic (exact) mass is 434 g/mol. The number of thioether (sulfide) groups is 1. The van der Waals surface area contributed by atoms with Crippen molar-refractivity contribution < 1.29 is 0 Å². The number of fused-ring (bicyclic) bond motifs is 3. The van der Waals surface area contributed by atoms with Crippen molar-refractivity contribution in [1.29, 1.82) is 0 Å². The van der Waals surface area contributed by atoms with Crippen LogP contribution in [0.1, 0.15) is 10.4 Å². The van der Waals surface area contributed by atoms with Crippen LogP contribution in [0.25, 0.3) is 15.9 Å². The Bertz CT molecular complexity index is 1080. The summed E-state index contributed by atoms with van der Waals surface area (Å²) in [5.74, 6) is 0.860. The Labute approximate surface area is 177 Å². The fourth-order valence-electron chi connectivity index (χ4n) is 3.41. The molecule has 0 bridgehead atoms. The van der Waals surface area contributed by atoms with Crippen LogP contribution in [0.2, 0.25) is 5.02 Å². The van der Waals surface area contributed by atoms with Gasteiger partial charge in [-0.3, -0.25) is 9.36 Å². The molecule has 0 unspecified atom stereocenters. The normalized spacial score (nSPS) is 14.8. The summed E-state index contributed by atoms with van der Waals surface area (Å²) in [5, 5.41) is 2.13. The number of hydrogen-bond donors (Lipinski definition) is 0. The minimum atomic E-state index is 0.0154. The van der Waals surface area contributed by atoms with Gasteiger partial charge in [0.2, 0.25) is 0 Å². The van der Waals surface area contributed by atoms with Crippen molar-refractivity contribution >= 4 is 44.9 Å². The molecule has 5 nitrogen and oxygen atoms in total. The van der Waals surface area contributed by atoms with Crippen molar-refractivity contribution in [3.63, 3.8) is 0 Å². The van der Waals surface area contributed by atoms with E-state index in [1.54, 1.807) is 27.7 Å². The first kappa shape index (κ1) is 19.9. The third-order valence-corrected chi connectivity index (χ3v) is 7.14. The number of aromatic nitrogens is 2. The molecule has 0 atom stereocenters. The van der Waals surface area contributed by atoms with E-state index >= 15 is 0 Å². The van der Waals surface area contributed by atoms with Crippen LogP contribution in [0.3, 0.4) is 0 Å². The molecule has 2 aromatic heterocycles. The van der Waals surface area contributed by atoms with E-state index in [-0.39, 0.29) is 5.56 Å². The molecule has 0 fully saturated rings. The van der Waals surface area contributed by atoms with Gasteiger partial charge in [0.15, 0.2) is 5.16 Å². The first-order valence-corrected chi connectivity index (χ1v) is 11.4. The summed E-state index contributed by atoms with van der Waals surface area (Å²) in [6, 6.07) is 7.45. The van der Waals surface area contributed by atoms with E-state index in [1.807, 2.05) is 38.4 Å². The quantitative estimate of drug-likeness (QED) is 0.452. The zero-order valence-electron chi connectivity index (χ0n) is 16.2. The standard InChI is InChI=1S/C20H23ClN4OS2/c1-23(2)9-10-27-20-22-18-17(15-7-8-24(3)12-16(15)28-18)19(26)25(20)14-6-4-5-13(21)11-14/h4-6,11H,7-10,12H2,1-3H3. The molecule has 0 aliphatic carbocycles. The molecule has 1 aliphatic rings. The summed E-state index contributed by atoms with van der Waals surface area (Å²) >= 11 is 9.50. The number of halogens is 1. The molecule has 3 aromatic rings. The highest BCUT2D eigenvalue weighted by Crippen LogP contribution is 2.34. The number of nitrogens with zero attached hydrogens (tertiary/aromatic N) is 4. The van der Waals surface area contributed by atoms with E-state index in [9.17, 15) is 4.79 Å². The number of hydrogen-bond acceptors (Lipinski definition) is 6. The van der Waals surface area contributed by atoms with Crippen LogP contribution in [0.5, 0.6) is 0 Å². The molecule has 4 rings (SSSR count). The van der Waals surface area contributed by atoms with Crippen LogP contribution in [-0.2, 0) is 13.0 Å². The van der Waals surface area contributed by atoms with Gasteiger partial charge in [-0.2, -0.15) is 0 Å². The van der Waals surface area contributed by atoms with E-state index in [0.29, 0.717) is 5.02 Å². The highest BCUT2D eigenvalue weighted by molar-refractivity contribution is 7.99. The number of thiophene rings is 1. The summed E-state index contributed by atoms with van der Waals surface area (Å²) in [6.45, 7) is 2.77. The largest absolute Gasteiger partial charge is 0.309 e. The summed E-state index contributed by atoms with van der Waals surface area (Å²) in [7, 11) is 6.21. The summed E-state index contributed by atoms with van der Waals surface area (Å²) in [6.07, 6.45) is 0.894. The second kappa shape index (κ2) is 8.16. The molecule has 28 heavy (non-hydrogen) atoms. The predicted molar refractivity (Wildman–Crippen MR) is 120 cm³/mol. The van der Waals surface area contributed by atoms with Crippen molar-refractivity contribution in [3.05, 3.63) is 50.1 Å². The van der Waals surface area contributed by atoms with Gasteiger partial charge in [-0.05, 0) is 51.3 Å². The van der Waals surface area contributed by atoms with Gasteiger partial charge in [0.1, 0.15) is 4.83 Å². The van der Waals surface area contributed by atoms with Gasteiger partial charge in [-0.15, -0.1) is 11.3 Å². The second-order valence-electron chi connectivity index (χ2n) is 7.34. The van der Waals surface area contributed by atoms with Crippen LogP contribution < -0.4 is 5.56 Å². The Morgan fingerprint density at radius 2 is 2.18 bits per heavy atom. The van der Waals surface area contributed by atoms with E-state index in [4.69, 9.17) is 16.6 Å². The van der Waals surface area contributed by atoms with E-state index in [1.165, 1.54) is 10.4 Å². The van der Waals surface area contributed by atoms with E-state index < -0.39 is 0 Å². The minimum absolute atomic E-state index is 0.0154. The predicted octanol–water partition coefficient (Wildman–Crippen LogP) is 3.74. The number of benzene rings is 1. The summed E-state index contributed by atoms with van der Waals surface area (Å²) < 4.78 is 1.74. The Hall–Kier alpha value is -1.38. The lowest BCUT2D eigenvalue weighted by atomic mass is 10.1. The fourth-order valence-corrected chi connectivity index (χ4v) is 6.06. The topological polar surface area (TPSA) is 41.4 Å². The first-order valence-electron chi connectivity index (χ1n) is 9.23. The van der Waals surface area contributed by atoms with Gasteiger partial charge in [0.25, 0.3) is 5.56 Å². The maximum absolute atomic E-state index is 13.6. The first-order chi connectivity index (χ1) is 13.4. The maximum Gasteiger partial charge on any atom is 0.267 e. The Balaban J connectivity index is 1.90. The van der Waals surface area contributed by atoms with Crippen LogP contribution >= 0.6 is 34.7 Å². The van der Waals surface area contributed by atoms with Crippen molar-refractivity contribution in [2.24, 2.45) is 0 Å². The van der Waals surface area contributed by atoms with Crippen molar-refractivity contribution in [3.8, 4) is 5.69 Å². The second-order valence-corrected chi connectivity index (χ2v) is 9.92. The zero-order valence-corrected chi connectivity index (χ0v) is 18.6. The molecule has 0 saturated carbocycles. The molecule has 0 spiro atoms. The Morgan fingerprint density at radius 3 is 2.93 bits per heavy atom. The van der Waals surface area contributed by atoms with Crippen LogP contribution in [0.15, 0.2) is 34.2 Å². The van der Waals surface area contributed by atoms with E-state index in [0.717, 1.165) is 52.9 Å². The molecule has 0 N–H and O–H groups in total. The highest BCUT2D eigenvalue weighted by Gasteiger charge is 2.24. The van der Waals surface area contributed by atoms with Gasteiger partial charge in [0, 0.05) is 35.3 Å². The lowest BCUT2D eigenvalue weighted by Crippen LogP contribution is -2.27. The maximum atomic E-state index is 13.6. The molecular formula is C20H23ClN4OS2. The zero-order chi connectivity index (χ0) is 19.8. The number of rotatable bonds is 5. The SMILES string of the molecule is CN(C)CCSc1nc2sc3c(c2c(=O)n1-c1cccc(Cl)c1)CCN(C)C3. The molecule has 0 radical (unpaired) electrons. The average Bonchev–Trinajstić information content (AvgIpc) is 2.99. The highest BCUT2D eigenvalue weighted by atomic mass is 35.5. The fraction of sp³-hybridized carbons (Fsp3) is 0.400. The lowest BCUT2D eigenvalue weighted by Gasteiger charge is -2.21. The van der Waals surface area contributed by atoms with Gasteiger partial charge < -0.3 is 9.80 Å². The third kappa shape index (κ3) is 3.86. The van der Waals surface area contributed by atoms with Crippen molar-refractivity contribution in [1.82, 2.24) is 19.4 Å². The Kier molecular flexibility index (Phi) is 5.81. The molecule has 1 aromatic carbocycles. The summed E-state index contributed by atoms with van der Waals surface area (Å²) in [4.78, 5) is 25.1. The summed E-state index contributed by atoms with van der Waals surface area (Å²) in [5.41, 5.74) is 1.96. The Morgan fingerprint density at radius 1 is 1.36 bits per heavy atom. The minimum Gasteiger partial charge on any atom is -0.309 e. The van der Waals surface area contributed by atoms with Crippen LogP contribution in [0.4, 0.5) is 0 Å². The van der Waals surface area contributed by atoms with Gasteiger partial charge >= 0.3 is 0 Å².